The van der Waals surface area contributed by atoms with Crippen LogP contribution in [0.4, 0.5) is 0 Å². The summed E-state index contributed by atoms with van der Waals surface area (Å²) in [5.74, 6) is 0.536. The van der Waals surface area contributed by atoms with Crippen LogP contribution in [0.3, 0.4) is 0 Å². The lowest BCUT2D eigenvalue weighted by molar-refractivity contribution is -0.122. The van der Waals surface area contributed by atoms with Crippen molar-refractivity contribution >= 4 is 28.7 Å². The van der Waals surface area contributed by atoms with Crippen molar-refractivity contribution < 1.29 is 9.53 Å². The van der Waals surface area contributed by atoms with Crippen molar-refractivity contribution in [1.82, 2.24) is 24.6 Å². The lowest BCUT2D eigenvalue weighted by atomic mass is 10.2. The summed E-state index contributed by atoms with van der Waals surface area (Å²) in [6, 6.07) is 7.54. The second-order valence-electron chi connectivity index (χ2n) is 7.24. The van der Waals surface area contributed by atoms with Gasteiger partial charge in [-0.2, -0.15) is 5.10 Å². The van der Waals surface area contributed by atoms with E-state index in [1.165, 1.54) is 11.8 Å². The molecule has 1 aliphatic rings. The summed E-state index contributed by atoms with van der Waals surface area (Å²) >= 11 is 1.49. The van der Waals surface area contributed by atoms with Crippen LogP contribution in [0.1, 0.15) is 24.9 Å². The van der Waals surface area contributed by atoms with Crippen LogP contribution < -0.4 is 10.9 Å². The van der Waals surface area contributed by atoms with E-state index in [1.54, 1.807) is 22.6 Å². The molecule has 4 rings (SSSR count). The molecule has 1 aromatic carbocycles. The molecule has 2 atom stereocenters. The summed E-state index contributed by atoms with van der Waals surface area (Å²) in [6.07, 6.45) is 1.79. The number of rotatable bonds is 6. The predicted octanol–water partition coefficient (Wildman–Crippen LogP) is 2.08. The highest BCUT2D eigenvalue weighted by Crippen LogP contribution is 2.33. The number of carbonyl (C=O) groups excluding carboxylic acids is 1. The Morgan fingerprint density at radius 3 is 2.97 bits per heavy atom. The number of amides is 1. The average molecular weight is 414 g/mol. The molecule has 1 N–H and O–H groups in total. The van der Waals surface area contributed by atoms with Crippen molar-refractivity contribution in [3.8, 4) is 5.69 Å². The lowest BCUT2D eigenvalue weighted by Crippen LogP contribution is -2.37. The lowest BCUT2D eigenvalue weighted by Gasteiger charge is -2.16. The number of benzene rings is 1. The van der Waals surface area contributed by atoms with E-state index in [4.69, 9.17) is 9.72 Å². The van der Waals surface area contributed by atoms with E-state index in [0.717, 1.165) is 11.3 Å². The fourth-order valence-corrected chi connectivity index (χ4v) is 4.73. The van der Waals surface area contributed by atoms with Crippen LogP contribution in [0.15, 0.2) is 40.4 Å². The Morgan fingerprint density at radius 1 is 1.41 bits per heavy atom. The number of hydrogen-bond donors (Lipinski definition) is 1. The van der Waals surface area contributed by atoms with Gasteiger partial charge in [-0.15, -0.1) is 0 Å². The van der Waals surface area contributed by atoms with Crippen molar-refractivity contribution in [2.24, 2.45) is 0 Å². The molecule has 0 bridgehead atoms. The summed E-state index contributed by atoms with van der Waals surface area (Å²) in [5.41, 5.74) is 2.33. The Bertz CT molecular complexity index is 1120. The van der Waals surface area contributed by atoms with Crippen molar-refractivity contribution in [2.75, 3.05) is 19.5 Å². The van der Waals surface area contributed by atoms with Gasteiger partial charge in [0.25, 0.3) is 5.56 Å². The highest BCUT2D eigenvalue weighted by molar-refractivity contribution is 7.99. The van der Waals surface area contributed by atoms with Gasteiger partial charge in [-0.1, -0.05) is 30.0 Å². The predicted molar refractivity (Wildman–Crippen MR) is 112 cm³/mol. The van der Waals surface area contributed by atoms with E-state index in [1.807, 2.05) is 38.1 Å². The van der Waals surface area contributed by atoms with Gasteiger partial charge in [-0.05, 0) is 25.5 Å². The number of nitrogens with zero attached hydrogens (tertiary/aromatic N) is 4. The van der Waals surface area contributed by atoms with E-state index in [0.29, 0.717) is 28.5 Å². The van der Waals surface area contributed by atoms with Crippen molar-refractivity contribution in [3.05, 3.63) is 46.4 Å². The molecule has 1 aliphatic heterocycles. The van der Waals surface area contributed by atoms with Crippen LogP contribution in [0.25, 0.3) is 16.7 Å². The number of hydrogen-bond acceptors (Lipinski definition) is 6. The van der Waals surface area contributed by atoms with Crippen molar-refractivity contribution in [1.29, 1.82) is 0 Å². The molecule has 3 heterocycles. The van der Waals surface area contributed by atoms with E-state index < -0.39 is 0 Å². The molecule has 9 heteroatoms. The molecule has 1 amide bonds. The van der Waals surface area contributed by atoms with E-state index >= 15 is 0 Å². The monoisotopic (exact) mass is 413 g/mol. The zero-order valence-corrected chi connectivity index (χ0v) is 17.4. The minimum Gasteiger partial charge on any atom is -0.383 e. The Morgan fingerprint density at radius 2 is 2.21 bits per heavy atom. The van der Waals surface area contributed by atoms with Crippen LogP contribution in [-0.4, -0.2) is 50.8 Å². The number of aromatic nitrogens is 4. The standard InChI is InChI=1S/C20H23N5O3S/c1-12-6-4-5-7-16(12)25-18-15(9-21-25)19(27)24-14(11-29-20(24)23-18)8-17(26)22-13(2)10-28-3/h4-7,9,13-14H,8,10-11H2,1-3H3,(H,22,26). The Labute approximate surface area is 172 Å². The zero-order chi connectivity index (χ0) is 20.5. The van der Waals surface area contributed by atoms with Gasteiger partial charge in [-0.3, -0.25) is 14.2 Å². The summed E-state index contributed by atoms with van der Waals surface area (Å²) in [5, 5.41) is 8.40. The van der Waals surface area contributed by atoms with Crippen LogP contribution in [0, 0.1) is 6.92 Å². The van der Waals surface area contributed by atoms with Gasteiger partial charge in [0.1, 0.15) is 5.39 Å². The Hall–Kier alpha value is -2.65. The number of nitrogens with one attached hydrogen (secondary N) is 1. The van der Waals surface area contributed by atoms with Crippen LogP contribution >= 0.6 is 11.8 Å². The average Bonchev–Trinajstić information content (AvgIpc) is 3.27. The normalized spacial score (nSPS) is 16.7. The Balaban J connectivity index is 1.66. The number of para-hydroxylation sites is 1. The third-order valence-corrected chi connectivity index (χ3v) is 6.06. The maximum absolute atomic E-state index is 13.2. The molecule has 0 saturated carbocycles. The van der Waals surface area contributed by atoms with Gasteiger partial charge in [0.05, 0.1) is 24.5 Å². The highest BCUT2D eigenvalue weighted by Gasteiger charge is 2.30. The fourth-order valence-electron chi connectivity index (χ4n) is 3.60. The minimum atomic E-state index is -0.226. The summed E-state index contributed by atoms with van der Waals surface area (Å²) < 4.78 is 8.40. The number of aryl methyl sites for hydroxylation is 1. The first-order valence-corrected chi connectivity index (χ1v) is 10.5. The second-order valence-corrected chi connectivity index (χ2v) is 8.23. The summed E-state index contributed by atoms with van der Waals surface area (Å²) in [7, 11) is 1.60. The molecule has 152 valence electrons. The van der Waals surface area contributed by atoms with Gasteiger partial charge in [0, 0.05) is 25.3 Å². The van der Waals surface area contributed by atoms with Gasteiger partial charge in [0.15, 0.2) is 10.8 Å². The second kappa shape index (κ2) is 8.00. The molecule has 3 aromatic rings. The first-order chi connectivity index (χ1) is 14.0. The molecule has 0 aliphatic carbocycles. The zero-order valence-electron chi connectivity index (χ0n) is 16.6. The van der Waals surface area contributed by atoms with Gasteiger partial charge < -0.3 is 10.1 Å². The fraction of sp³-hybridized carbons (Fsp3) is 0.400. The van der Waals surface area contributed by atoms with Crippen LogP contribution in [0.2, 0.25) is 0 Å². The SMILES string of the molecule is COCC(C)NC(=O)CC1CSc2nc3c(cnn3-c3ccccc3C)c(=O)n21. The molecule has 2 aromatic heterocycles. The quantitative estimate of drug-likeness (QED) is 0.622. The van der Waals surface area contributed by atoms with Gasteiger partial charge in [-0.25, -0.2) is 9.67 Å². The third kappa shape index (κ3) is 3.67. The molecule has 2 unspecified atom stereocenters. The molecule has 0 saturated heterocycles. The molecule has 0 fully saturated rings. The van der Waals surface area contributed by atoms with Crippen molar-refractivity contribution in [3.63, 3.8) is 0 Å². The third-order valence-electron chi connectivity index (χ3n) is 4.96. The summed E-state index contributed by atoms with van der Waals surface area (Å²) in [4.78, 5) is 30.3. The van der Waals surface area contributed by atoms with E-state index in [9.17, 15) is 9.59 Å². The van der Waals surface area contributed by atoms with Crippen molar-refractivity contribution in [2.45, 2.75) is 37.5 Å². The summed E-state index contributed by atoms with van der Waals surface area (Å²) in [6.45, 7) is 4.33. The van der Waals surface area contributed by atoms with Crippen LogP contribution in [-0.2, 0) is 9.53 Å². The maximum atomic E-state index is 13.2. The highest BCUT2D eigenvalue weighted by atomic mass is 32.2. The Kier molecular flexibility index (Phi) is 5.42. The van der Waals surface area contributed by atoms with E-state index in [2.05, 4.69) is 10.4 Å². The number of ether oxygens (including phenoxy) is 1. The van der Waals surface area contributed by atoms with Gasteiger partial charge >= 0.3 is 0 Å². The smallest absolute Gasteiger partial charge is 0.265 e. The van der Waals surface area contributed by atoms with Gasteiger partial charge in [0.2, 0.25) is 5.91 Å². The molecule has 0 spiro atoms. The number of carbonyl (C=O) groups is 1. The maximum Gasteiger partial charge on any atom is 0.265 e. The van der Waals surface area contributed by atoms with E-state index in [-0.39, 0.29) is 30.0 Å². The molecule has 29 heavy (non-hydrogen) atoms. The minimum absolute atomic E-state index is 0.0781. The largest absolute Gasteiger partial charge is 0.383 e. The molecule has 8 nitrogen and oxygen atoms in total. The number of methoxy groups -OCH3 is 1. The number of fused-ring (bicyclic) bond motifs is 2. The molecular weight excluding hydrogens is 390 g/mol. The molecule has 0 radical (unpaired) electrons. The number of thioether (sulfide) groups is 1. The first-order valence-electron chi connectivity index (χ1n) is 9.47. The topological polar surface area (TPSA) is 91.0 Å². The molecular formula is C20H23N5O3S. The van der Waals surface area contributed by atoms with Crippen LogP contribution in [0.5, 0.6) is 0 Å². The first kappa shape index (κ1) is 19.7.